The largest absolute Gasteiger partial charge is 0.361 e. The van der Waals surface area contributed by atoms with Gasteiger partial charge in [-0.1, -0.05) is 30.3 Å². The van der Waals surface area contributed by atoms with E-state index in [1.54, 1.807) is 0 Å². The highest BCUT2D eigenvalue weighted by Crippen LogP contribution is 2.21. The van der Waals surface area contributed by atoms with Crippen LogP contribution in [0, 0.1) is 0 Å². The Hall–Kier alpha value is -3.19. The van der Waals surface area contributed by atoms with Gasteiger partial charge in [0.25, 0.3) is 0 Å². The number of pyridine rings is 1. The highest BCUT2D eigenvalue weighted by molar-refractivity contribution is 5.83. The molecule has 1 fully saturated rings. The Kier molecular flexibility index (Phi) is 8.06. The summed E-state index contributed by atoms with van der Waals surface area (Å²) in [7, 11) is 0. The number of hydrogen-bond acceptors (Lipinski definition) is 5. The quantitative estimate of drug-likeness (QED) is 0.245. The summed E-state index contributed by atoms with van der Waals surface area (Å²) >= 11 is 0. The van der Waals surface area contributed by atoms with Crippen molar-refractivity contribution in [2.45, 2.75) is 25.8 Å². The number of aromatic amines is 1. The molecule has 182 valence electrons. The van der Waals surface area contributed by atoms with E-state index in [4.69, 9.17) is 0 Å². The lowest BCUT2D eigenvalue weighted by atomic mass is 10.0. The molecule has 35 heavy (non-hydrogen) atoms. The number of rotatable bonds is 11. The standard InChI is InChI=1S/C29H36N6/c1-2-7-29-28(6-1)24(21-33-29)5-3-4-23-8-10-25(11-9-23)34-26-12-13-32-27(20-26)22-31-16-19-35-17-14-30-15-18-35/h1-2,6-13,20-21,30-31,33H,3-5,14-19,22H2,(H,32,34). The van der Waals surface area contributed by atoms with E-state index in [9.17, 15) is 0 Å². The first-order valence-corrected chi connectivity index (χ1v) is 12.8. The van der Waals surface area contributed by atoms with Gasteiger partial charge in [0.15, 0.2) is 0 Å². The van der Waals surface area contributed by atoms with Gasteiger partial charge in [-0.05, 0) is 60.7 Å². The fourth-order valence-electron chi connectivity index (χ4n) is 4.78. The molecule has 3 heterocycles. The maximum absolute atomic E-state index is 4.52. The molecule has 0 spiro atoms. The maximum Gasteiger partial charge on any atom is 0.0562 e. The van der Waals surface area contributed by atoms with E-state index in [-0.39, 0.29) is 0 Å². The molecule has 6 heteroatoms. The second kappa shape index (κ2) is 12.0. The molecule has 4 aromatic rings. The van der Waals surface area contributed by atoms with Gasteiger partial charge >= 0.3 is 0 Å². The van der Waals surface area contributed by atoms with Crippen molar-refractivity contribution in [1.82, 2.24) is 25.5 Å². The van der Waals surface area contributed by atoms with Gasteiger partial charge in [-0.25, -0.2) is 0 Å². The van der Waals surface area contributed by atoms with Crippen LogP contribution < -0.4 is 16.0 Å². The predicted molar refractivity (Wildman–Crippen MR) is 145 cm³/mol. The first-order valence-electron chi connectivity index (χ1n) is 12.8. The monoisotopic (exact) mass is 468 g/mol. The zero-order valence-electron chi connectivity index (χ0n) is 20.4. The van der Waals surface area contributed by atoms with E-state index >= 15 is 0 Å². The van der Waals surface area contributed by atoms with E-state index in [0.717, 1.165) is 82.1 Å². The molecular formula is C29H36N6. The molecule has 2 aromatic carbocycles. The first kappa shape index (κ1) is 23.5. The summed E-state index contributed by atoms with van der Waals surface area (Å²) in [6, 6.07) is 21.5. The van der Waals surface area contributed by atoms with Crippen molar-refractivity contribution in [1.29, 1.82) is 0 Å². The van der Waals surface area contributed by atoms with Gasteiger partial charge in [-0.15, -0.1) is 0 Å². The summed E-state index contributed by atoms with van der Waals surface area (Å²) in [5, 5.41) is 11.8. The molecule has 1 aliphatic heterocycles. The number of aromatic nitrogens is 2. The fraction of sp³-hybridized carbons (Fsp3) is 0.345. The number of para-hydroxylation sites is 1. The van der Waals surface area contributed by atoms with Gasteiger partial charge < -0.3 is 20.9 Å². The number of piperazine rings is 1. The van der Waals surface area contributed by atoms with Gasteiger partial charge in [-0.2, -0.15) is 0 Å². The molecule has 0 amide bonds. The van der Waals surface area contributed by atoms with Gasteiger partial charge in [-0.3, -0.25) is 9.88 Å². The summed E-state index contributed by atoms with van der Waals surface area (Å²) in [5.41, 5.74) is 7.25. The maximum atomic E-state index is 4.52. The number of fused-ring (bicyclic) bond motifs is 1. The third-order valence-electron chi connectivity index (χ3n) is 6.77. The third kappa shape index (κ3) is 6.69. The number of H-pyrrole nitrogens is 1. The normalized spacial score (nSPS) is 14.4. The predicted octanol–water partition coefficient (Wildman–Crippen LogP) is 4.48. The first-order chi connectivity index (χ1) is 17.3. The molecule has 0 atom stereocenters. The van der Waals surface area contributed by atoms with E-state index in [1.165, 1.54) is 22.0 Å². The molecule has 4 N–H and O–H groups in total. The van der Waals surface area contributed by atoms with Crippen LogP contribution in [0.1, 0.15) is 23.2 Å². The number of nitrogens with zero attached hydrogens (tertiary/aromatic N) is 2. The second-order valence-corrected chi connectivity index (χ2v) is 9.34. The molecular weight excluding hydrogens is 432 g/mol. The Morgan fingerprint density at radius 2 is 1.77 bits per heavy atom. The van der Waals surface area contributed by atoms with Crippen LogP contribution in [0.2, 0.25) is 0 Å². The van der Waals surface area contributed by atoms with Crippen molar-refractivity contribution < 1.29 is 0 Å². The van der Waals surface area contributed by atoms with Crippen molar-refractivity contribution in [2.24, 2.45) is 0 Å². The summed E-state index contributed by atoms with van der Waals surface area (Å²) in [5.74, 6) is 0. The second-order valence-electron chi connectivity index (χ2n) is 9.34. The Balaban J connectivity index is 1.06. The van der Waals surface area contributed by atoms with Crippen LogP contribution in [0.15, 0.2) is 73.1 Å². The molecule has 0 unspecified atom stereocenters. The Morgan fingerprint density at radius 3 is 2.66 bits per heavy atom. The van der Waals surface area contributed by atoms with Crippen LogP contribution in [-0.4, -0.2) is 54.1 Å². The molecule has 6 nitrogen and oxygen atoms in total. The Labute approximate surface area is 208 Å². The number of aryl methyl sites for hydroxylation is 2. The van der Waals surface area contributed by atoms with Gasteiger partial charge in [0.2, 0.25) is 0 Å². The minimum atomic E-state index is 0.789. The summed E-state index contributed by atoms with van der Waals surface area (Å²) in [6.45, 7) is 7.35. The topological polar surface area (TPSA) is 68.0 Å². The number of hydrogen-bond donors (Lipinski definition) is 4. The van der Waals surface area contributed by atoms with Crippen molar-refractivity contribution >= 4 is 22.3 Å². The number of nitrogens with one attached hydrogen (secondary N) is 4. The van der Waals surface area contributed by atoms with Crippen LogP contribution in [-0.2, 0) is 19.4 Å². The molecule has 0 aliphatic carbocycles. The molecule has 1 aliphatic rings. The van der Waals surface area contributed by atoms with E-state index < -0.39 is 0 Å². The lowest BCUT2D eigenvalue weighted by molar-refractivity contribution is 0.241. The van der Waals surface area contributed by atoms with Gasteiger partial charge in [0.05, 0.1) is 5.69 Å². The summed E-state index contributed by atoms with van der Waals surface area (Å²) in [6.07, 6.45) is 7.35. The van der Waals surface area contributed by atoms with Crippen LogP contribution in [0.3, 0.4) is 0 Å². The minimum absolute atomic E-state index is 0.789. The molecule has 2 aromatic heterocycles. The Morgan fingerprint density at radius 1 is 0.914 bits per heavy atom. The van der Waals surface area contributed by atoms with E-state index in [2.05, 4.69) is 91.6 Å². The SMILES string of the molecule is c1ccc2c(CCCc3ccc(Nc4ccnc(CNCCN5CCNCC5)c4)cc3)c[nH]c2c1. The van der Waals surface area contributed by atoms with E-state index in [1.807, 2.05) is 12.3 Å². The highest BCUT2D eigenvalue weighted by Gasteiger charge is 2.08. The fourth-order valence-corrected chi connectivity index (χ4v) is 4.78. The number of anilines is 2. The molecule has 0 radical (unpaired) electrons. The van der Waals surface area contributed by atoms with Crippen molar-refractivity contribution in [3.63, 3.8) is 0 Å². The van der Waals surface area contributed by atoms with Crippen molar-refractivity contribution in [3.05, 3.63) is 89.9 Å². The van der Waals surface area contributed by atoms with Gasteiger partial charge in [0, 0.05) is 80.5 Å². The average molecular weight is 469 g/mol. The van der Waals surface area contributed by atoms with Crippen LogP contribution >= 0.6 is 0 Å². The third-order valence-corrected chi connectivity index (χ3v) is 6.77. The van der Waals surface area contributed by atoms with Crippen molar-refractivity contribution in [3.8, 4) is 0 Å². The number of benzene rings is 2. The molecule has 0 bridgehead atoms. The van der Waals surface area contributed by atoms with Crippen molar-refractivity contribution in [2.75, 3.05) is 44.6 Å². The minimum Gasteiger partial charge on any atom is -0.361 e. The highest BCUT2D eigenvalue weighted by atomic mass is 15.2. The summed E-state index contributed by atoms with van der Waals surface area (Å²) < 4.78 is 0. The molecule has 0 saturated carbocycles. The Bertz CT molecular complexity index is 1190. The van der Waals surface area contributed by atoms with Gasteiger partial charge in [0.1, 0.15) is 0 Å². The average Bonchev–Trinajstić information content (AvgIpc) is 3.32. The van der Waals surface area contributed by atoms with E-state index in [0.29, 0.717) is 0 Å². The zero-order chi connectivity index (χ0) is 23.7. The molecule has 1 saturated heterocycles. The smallest absolute Gasteiger partial charge is 0.0562 e. The van der Waals surface area contributed by atoms with Crippen LogP contribution in [0.25, 0.3) is 10.9 Å². The summed E-state index contributed by atoms with van der Waals surface area (Å²) in [4.78, 5) is 10.4. The zero-order valence-corrected chi connectivity index (χ0v) is 20.4. The van der Waals surface area contributed by atoms with Crippen LogP contribution in [0.4, 0.5) is 11.4 Å². The lowest BCUT2D eigenvalue weighted by Crippen LogP contribution is -2.45. The lowest BCUT2D eigenvalue weighted by Gasteiger charge is -2.27. The van der Waals surface area contributed by atoms with Crippen LogP contribution in [0.5, 0.6) is 0 Å². The molecule has 5 rings (SSSR count).